The number of amides is 1. The summed E-state index contributed by atoms with van der Waals surface area (Å²) in [5, 5.41) is 15.9. The highest BCUT2D eigenvalue weighted by Crippen LogP contribution is 2.21. The molecule has 0 spiro atoms. The first kappa shape index (κ1) is 19.6. The van der Waals surface area contributed by atoms with Crippen LogP contribution in [0.15, 0.2) is 47.4 Å². The topological polar surface area (TPSA) is 98.7 Å². The molecule has 1 heterocycles. The predicted molar refractivity (Wildman–Crippen MR) is 102 cm³/mol. The average molecular weight is 410 g/mol. The highest BCUT2D eigenvalue weighted by atomic mass is 35.5. The number of aromatic hydroxyl groups is 1. The van der Waals surface area contributed by atoms with Crippen LogP contribution < -0.4 is 10.6 Å². The first-order valence-electron chi connectivity index (χ1n) is 8.44. The Kier molecular flexibility index (Phi) is 6.01. The van der Waals surface area contributed by atoms with E-state index < -0.39 is 15.9 Å². The van der Waals surface area contributed by atoms with Crippen molar-refractivity contribution in [3.8, 4) is 5.75 Å². The SMILES string of the molecule is O=C(NCc1ccc(S(=O)(=O)N2CCNCC2)cc1)c1cc(Cl)ccc1O. The molecule has 9 heteroatoms. The van der Waals surface area contributed by atoms with Crippen LogP contribution in [0.2, 0.25) is 5.02 Å². The van der Waals surface area contributed by atoms with E-state index in [2.05, 4.69) is 10.6 Å². The minimum absolute atomic E-state index is 0.0837. The maximum atomic E-state index is 12.6. The normalized spacial score (nSPS) is 15.4. The molecular formula is C18H20ClN3O4S. The molecule has 3 N–H and O–H groups in total. The number of phenolic OH excluding ortho intramolecular Hbond substituents is 1. The Balaban J connectivity index is 1.65. The Morgan fingerprint density at radius 2 is 1.81 bits per heavy atom. The Hall–Kier alpha value is -2.13. The molecule has 1 amide bonds. The second kappa shape index (κ2) is 8.26. The number of benzene rings is 2. The van der Waals surface area contributed by atoms with Crippen LogP contribution in [0.5, 0.6) is 5.75 Å². The van der Waals surface area contributed by atoms with Crippen molar-refractivity contribution >= 4 is 27.5 Å². The standard InChI is InChI=1S/C18H20ClN3O4S/c19-14-3-6-17(23)16(11-14)18(24)21-12-13-1-4-15(5-2-13)27(25,26)22-9-7-20-8-10-22/h1-6,11,20,23H,7-10,12H2,(H,21,24). The van der Waals surface area contributed by atoms with Gasteiger partial charge in [-0.25, -0.2) is 8.42 Å². The quantitative estimate of drug-likeness (QED) is 0.696. The van der Waals surface area contributed by atoms with Gasteiger partial charge in [0.1, 0.15) is 5.75 Å². The van der Waals surface area contributed by atoms with E-state index in [1.54, 1.807) is 12.1 Å². The van der Waals surface area contributed by atoms with Crippen LogP contribution >= 0.6 is 11.6 Å². The minimum atomic E-state index is -3.51. The van der Waals surface area contributed by atoms with Crippen LogP contribution in [0.3, 0.4) is 0 Å². The Bertz CT molecular complexity index is 926. The van der Waals surface area contributed by atoms with Gasteiger partial charge in [0.05, 0.1) is 10.5 Å². The fourth-order valence-electron chi connectivity index (χ4n) is 2.78. The van der Waals surface area contributed by atoms with Gasteiger partial charge in [0.25, 0.3) is 5.91 Å². The third kappa shape index (κ3) is 4.59. The molecule has 1 fully saturated rings. The van der Waals surface area contributed by atoms with E-state index in [-0.39, 0.29) is 22.8 Å². The van der Waals surface area contributed by atoms with Gasteiger partial charge < -0.3 is 15.7 Å². The highest BCUT2D eigenvalue weighted by Gasteiger charge is 2.25. The molecule has 27 heavy (non-hydrogen) atoms. The van der Waals surface area contributed by atoms with Crippen molar-refractivity contribution in [2.45, 2.75) is 11.4 Å². The van der Waals surface area contributed by atoms with E-state index in [9.17, 15) is 18.3 Å². The first-order chi connectivity index (χ1) is 12.9. The van der Waals surface area contributed by atoms with Gasteiger partial charge >= 0.3 is 0 Å². The number of phenols is 1. The maximum absolute atomic E-state index is 12.6. The summed E-state index contributed by atoms with van der Waals surface area (Å²) in [6.45, 7) is 2.37. The van der Waals surface area contributed by atoms with Crippen molar-refractivity contribution in [2.75, 3.05) is 26.2 Å². The zero-order valence-corrected chi connectivity index (χ0v) is 16.1. The van der Waals surface area contributed by atoms with Crippen LogP contribution in [0, 0.1) is 0 Å². The fourth-order valence-corrected chi connectivity index (χ4v) is 4.39. The summed E-state index contributed by atoms with van der Waals surface area (Å²) in [5.41, 5.74) is 0.824. The zero-order valence-electron chi connectivity index (χ0n) is 14.5. The number of carbonyl (C=O) groups excluding carboxylic acids is 1. The van der Waals surface area contributed by atoms with Crippen LogP contribution in [0.25, 0.3) is 0 Å². The van der Waals surface area contributed by atoms with Gasteiger partial charge in [0.2, 0.25) is 10.0 Å². The first-order valence-corrected chi connectivity index (χ1v) is 10.3. The summed E-state index contributed by atoms with van der Waals surface area (Å²) in [4.78, 5) is 12.4. The van der Waals surface area contributed by atoms with Crippen molar-refractivity contribution in [3.05, 3.63) is 58.6 Å². The van der Waals surface area contributed by atoms with E-state index in [1.807, 2.05) is 0 Å². The molecule has 3 rings (SSSR count). The maximum Gasteiger partial charge on any atom is 0.255 e. The Morgan fingerprint density at radius 1 is 1.15 bits per heavy atom. The molecular weight excluding hydrogens is 390 g/mol. The summed E-state index contributed by atoms with van der Waals surface area (Å²) in [6, 6.07) is 10.6. The second-order valence-electron chi connectivity index (χ2n) is 6.14. The number of hydrogen-bond donors (Lipinski definition) is 3. The Labute approximate surface area is 163 Å². The lowest BCUT2D eigenvalue weighted by atomic mass is 10.1. The third-order valence-electron chi connectivity index (χ3n) is 4.29. The molecule has 0 bridgehead atoms. The van der Waals surface area contributed by atoms with E-state index in [4.69, 9.17) is 11.6 Å². The molecule has 7 nitrogen and oxygen atoms in total. The molecule has 144 valence electrons. The van der Waals surface area contributed by atoms with Crippen molar-refractivity contribution in [1.82, 2.24) is 14.9 Å². The number of sulfonamides is 1. The van der Waals surface area contributed by atoms with E-state index in [1.165, 1.54) is 34.6 Å². The molecule has 0 aromatic heterocycles. The largest absolute Gasteiger partial charge is 0.507 e. The van der Waals surface area contributed by atoms with Crippen molar-refractivity contribution < 1.29 is 18.3 Å². The number of nitrogens with one attached hydrogen (secondary N) is 2. The molecule has 2 aromatic rings. The van der Waals surface area contributed by atoms with Gasteiger partial charge in [-0.05, 0) is 35.9 Å². The van der Waals surface area contributed by atoms with Crippen molar-refractivity contribution in [1.29, 1.82) is 0 Å². The molecule has 1 aliphatic rings. The number of hydrogen-bond acceptors (Lipinski definition) is 5. The van der Waals surface area contributed by atoms with E-state index >= 15 is 0 Å². The molecule has 0 unspecified atom stereocenters. The minimum Gasteiger partial charge on any atom is -0.507 e. The van der Waals surface area contributed by atoms with Gasteiger partial charge in [-0.3, -0.25) is 4.79 Å². The predicted octanol–water partition coefficient (Wildman–Crippen LogP) is 1.57. The number of nitrogens with zero attached hydrogens (tertiary/aromatic N) is 1. The van der Waals surface area contributed by atoms with Gasteiger partial charge in [0.15, 0.2) is 0 Å². The summed E-state index contributed by atoms with van der Waals surface area (Å²) in [5.74, 6) is -0.623. The summed E-state index contributed by atoms with van der Waals surface area (Å²) in [7, 11) is -3.51. The molecule has 0 saturated carbocycles. The smallest absolute Gasteiger partial charge is 0.255 e. The highest BCUT2D eigenvalue weighted by molar-refractivity contribution is 7.89. The average Bonchev–Trinajstić information content (AvgIpc) is 2.69. The number of piperazine rings is 1. The van der Waals surface area contributed by atoms with Crippen molar-refractivity contribution in [3.63, 3.8) is 0 Å². The number of halogens is 1. The van der Waals surface area contributed by atoms with Crippen LogP contribution in [-0.4, -0.2) is 49.9 Å². The van der Waals surface area contributed by atoms with Crippen LogP contribution in [0.1, 0.15) is 15.9 Å². The lowest BCUT2D eigenvalue weighted by Gasteiger charge is -2.26. The second-order valence-corrected chi connectivity index (χ2v) is 8.52. The lowest BCUT2D eigenvalue weighted by molar-refractivity contribution is 0.0948. The molecule has 0 atom stereocenters. The summed E-state index contributed by atoms with van der Waals surface area (Å²) in [6.07, 6.45) is 0. The third-order valence-corrected chi connectivity index (χ3v) is 6.44. The van der Waals surface area contributed by atoms with E-state index in [0.29, 0.717) is 31.2 Å². The lowest BCUT2D eigenvalue weighted by Crippen LogP contribution is -2.46. The van der Waals surface area contributed by atoms with Gasteiger partial charge in [-0.1, -0.05) is 23.7 Å². The summed E-state index contributed by atoms with van der Waals surface area (Å²) >= 11 is 5.85. The van der Waals surface area contributed by atoms with Crippen LogP contribution in [0.4, 0.5) is 0 Å². The van der Waals surface area contributed by atoms with Crippen LogP contribution in [-0.2, 0) is 16.6 Å². The monoisotopic (exact) mass is 409 g/mol. The van der Waals surface area contributed by atoms with E-state index in [0.717, 1.165) is 5.56 Å². The van der Waals surface area contributed by atoms with Gasteiger partial charge in [-0.15, -0.1) is 0 Å². The number of carbonyl (C=O) groups is 1. The van der Waals surface area contributed by atoms with Gasteiger partial charge in [-0.2, -0.15) is 4.31 Å². The molecule has 1 aliphatic heterocycles. The molecule has 1 saturated heterocycles. The molecule has 2 aromatic carbocycles. The molecule has 0 radical (unpaired) electrons. The summed E-state index contributed by atoms with van der Waals surface area (Å²) < 4.78 is 26.7. The zero-order chi connectivity index (χ0) is 19.4. The van der Waals surface area contributed by atoms with Crippen molar-refractivity contribution in [2.24, 2.45) is 0 Å². The van der Waals surface area contributed by atoms with Gasteiger partial charge in [0, 0.05) is 37.7 Å². The number of rotatable bonds is 5. The molecule has 0 aliphatic carbocycles. The Morgan fingerprint density at radius 3 is 2.48 bits per heavy atom. The fraction of sp³-hybridized carbons (Fsp3) is 0.278.